The molecule has 27 heavy (non-hydrogen) atoms. The van der Waals surface area contributed by atoms with E-state index in [0.29, 0.717) is 13.0 Å². The van der Waals surface area contributed by atoms with Crippen molar-refractivity contribution in [3.8, 4) is 0 Å². The average molecular weight is 368 g/mol. The third-order valence-corrected chi connectivity index (χ3v) is 4.83. The van der Waals surface area contributed by atoms with E-state index in [-0.39, 0.29) is 11.9 Å². The molecule has 2 unspecified atom stereocenters. The van der Waals surface area contributed by atoms with E-state index >= 15 is 0 Å². The smallest absolute Gasteiger partial charge is 0.410 e. The summed E-state index contributed by atoms with van der Waals surface area (Å²) >= 11 is 0. The van der Waals surface area contributed by atoms with Crippen molar-refractivity contribution in [1.82, 2.24) is 10.2 Å². The van der Waals surface area contributed by atoms with E-state index in [2.05, 4.69) is 23.5 Å². The van der Waals surface area contributed by atoms with Crippen molar-refractivity contribution in [2.24, 2.45) is 0 Å². The molecule has 5 nitrogen and oxygen atoms in total. The molecule has 0 saturated carbocycles. The maximum atomic E-state index is 12.9. The highest BCUT2D eigenvalue weighted by Crippen LogP contribution is 2.26. The first-order valence-electron chi connectivity index (χ1n) is 9.54. The SMILES string of the molecule is CC(NC(=O)C1CCCN1C(=O)OC(C)(C)C)c1cccc2ccccc12. The molecule has 2 aromatic carbocycles. The Balaban J connectivity index is 1.73. The molecule has 2 aromatic rings. The van der Waals surface area contributed by atoms with Crippen molar-refractivity contribution in [1.29, 1.82) is 0 Å². The highest BCUT2D eigenvalue weighted by molar-refractivity contribution is 5.89. The van der Waals surface area contributed by atoms with Gasteiger partial charge in [0, 0.05) is 6.54 Å². The van der Waals surface area contributed by atoms with Crippen LogP contribution >= 0.6 is 0 Å². The number of carbonyl (C=O) groups excluding carboxylic acids is 2. The van der Waals surface area contributed by atoms with Gasteiger partial charge in [0.1, 0.15) is 11.6 Å². The van der Waals surface area contributed by atoms with Crippen LogP contribution in [-0.2, 0) is 9.53 Å². The van der Waals surface area contributed by atoms with E-state index in [1.54, 1.807) is 4.90 Å². The minimum atomic E-state index is -0.572. The molecule has 2 atom stereocenters. The molecule has 1 fully saturated rings. The zero-order valence-electron chi connectivity index (χ0n) is 16.5. The van der Waals surface area contributed by atoms with Crippen LogP contribution in [0.2, 0.25) is 0 Å². The van der Waals surface area contributed by atoms with E-state index in [0.717, 1.165) is 22.8 Å². The van der Waals surface area contributed by atoms with Gasteiger partial charge in [0.15, 0.2) is 0 Å². The number of nitrogens with one attached hydrogen (secondary N) is 1. The normalized spacial score (nSPS) is 18.4. The van der Waals surface area contributed by atoms with Crippen LogP contribution in [0, 0.1) is 0 Å². The van der Waals surface area contributed by atoms with Crippen molar-refractivity contribution >= 4 is 22.8 Å². The zero-order valence-corrected chi connectivity index (χ0v) is 16.5. The number of hydrogen-bond acceptors (Lipinski definition) is 3. The van der Waals surface area contributed by atoms with Crippen molar-refractivity contribution in [3.05, 3.63) is 48.0 Å². The summed E-state index contributed by atoms with van der Waals surface area (Å²) in [6.45, 7) is 8.03. The van der Waals surface area contributed by atoms with Gasteiger partial charge in [0.2, 0.25) is 5.91 Å². The summed E-state index contributed by atoms with van der Waals surface area (Å²) in [5, 5.41) is 5.36. The molecule has 0 aromatic heterocycles. The number of rotatable bonds is 3. The van der Waals surface area contributed by atoms with E-state index < -0.39 is 17.7 Å². The van der Waals surface area contributed by atoms with Gasteiger partial charge in [0.05, 0.1) is 6.04 Å². The molecule has 1 saturated heterocycles. The number of carbonyl (C=O) groups is 2. The Kier molecular flexibility index (Phi) is 5.40. The lowest BCUT2D eigenvalue weighted by atomic mass is 9.99. The molecule has 0 spiro atoms. The van der Waals surface area contributed by atoms with Crippen molar-refractivity contribution in [2.45, 2.75) is 58.2 Å². The molecular formula is C22H28N2O3. The lowest BCUT2D eigenvalue weighted by Gasteiger charge is -2.29. The van der Waals surface area contributed by atoms with Crippen molar-refractivity contribution in [2.75, 3.05) is 6.54 Å². The van der Waals surface area contributed by atoms with Crippen LogP contribution in [-0.4, -0.2) is 35.1 Å². The molecule has 5 heteroatoms. The van der Waals surface area contributed by atoms with Crippen molar-refractivity contribution in [3.63, 3.8) is 0 Å². The van der Waals surface area contributed by atoms with Crippen LogP contribution in [0.3, 0.4) is 0 Å². The molecule has 1 aliphatic rings. The first-order valence-corrected chi connectivity index (χ1v) is 9.54. The quantitative estimate of drug-likeness (QED) is 0.873. The summed E-state index contributed by atoms with van der Waals surface area (Å²) < 4.78 is 5.46. The average Bonchev–Trinajstić information content (AvgIpc) is 3.10. The predicted molar refractivity (Wildman–Crippen MR) is 106 cm³/mol. The van der Waals surface area contributed by atoms with Gasteiger partial charge in [-0.2, -0.15) is 0 Å². The number of benzene rings is 2. The lowest BCUT2D eigenvalue weighted by molar-refractivity contribution is -0.126. The van der Waals surface area contributed by atoms with Gasteiger partial charge in [-0.15, -0.1) is 0 Å². The first-order chi connectivity index (χ1) is 12.8. The van der Waals surface area contributed by atoms with E-state index in [1.807, 2.05) is 52.0 Å². The molecule has 1 aliphatic heterocycles. The monoisotopic (exact) mass is 368 g/mol. The Labute approximate surface area is 160 Å². The second-order valence-electron chi connectivity index (χ2n) is 8.13. The highest BCUT2D eigenvalue weighted by atomic mass is 16.6. The standard InChI is InChI=1S/C22H28N2O3/c1-15(17-12-7-10-16-9-5-6-11-18(16)17)23-20(25)19-13-8-14-24(19)21(26)27-22(2,3)4/h5-7,9-12,15,19H,8,13-14H2,1-4H3,(H,23,25). The third-order valence-electron chi connectivity index (χ3n) is 4.83. The first kappa shape index (κ1) is 19.2. The number of hydrogen-bond donors (Lipinski definition) is 1. The Bertz CT molecular complexity index is 836. The third kappa shape index (κ3) is 4.41. The Morgan fingerprint density at radius 3 is 2.59 bits per heavy atom. The Morgan fingerprint density at radius 2 is 1.85 bits per heavy atom. The van der Waals surface area contributed by atoms with E-state index in [9.17, 15) is 9.59 Å². The largest absolute Gasteiger partial charge is 0.444 e. The molecule has 3 rings (SSSR count). The zero-order chi connectivity index (χ0) is 19.6. The Hall–Kier alpha value is -2.56. The van der Waals surface area contributed by atoms with Crippen LogP contribution in [0.15, 0.2) is 42.5 Å². The maximum Gasteiger partial charge on any atom is 0.410 e. The second-order valence-corrected chi connectivity index (χ2v) is 8.13. The fraction of sp³-hybridized carbons (Fsp3) is 0.455. The summed E-state index contributed by atoms with van der Waals surface area (Å²) in [4.78, 5) is 26.9. The highest BCUT2D eigenvalue weighted by Gasteiger charge is 2.37. The van der Waals surface area contributed by atoms with Crippen LogP contribution < -0.4 is 5.32 Å². The molecular weight excluding hydrogens is 340 g/mol. The number of likely N-dealkylation sites (tertiary alicyclic amines) is 1. The summed E-state index contributed by atoms with van der Waals surface area (Å²) in [5.41, 5.74) is 0.500. The van der Waals surface area contributed by atoms with Gasteiger partial charge < -0.3 is 10.1 Å². The number of fused-ring (bicyclic) bond motifs is 1. The summed E-state index contributed by atoms with van der Waals surface area (Å²) in [6.07, 6.45) is 1.05. The van der Waals surface area contributed by atoms with Gasteiger partial charge in [-0.25, -0.2) is 4.79 Å². The predicted octanol–water partition coefficient (Wildman–Crippen LogP) is 4.42. The molecule has 0 radical (unpaired) electrons. The molecule has 0 bridgehead atoms. The van der Waals surface area contributed by atoms with Gasteiger partial charge >= 0.3 is 6.09 Å². The van der Waals surface area contributed by atoms with Crippen LogP contribution in [0.4, 0.5) is 4.79 Å². The maximum absolute atomic E-state index is 12.9. The van der Waals surface area contributed by atoms with Gasteiger partial charge in [0.25, 0.3) is 0 Å². The number of amides is 2. The fourth-order valence-electron chi connectivity index (χ4n) is 3.59. The molecule has 0 aliphatic carbocycles. The van der Waals surface area contributed by atoms with Crippen LogP contribution in [0.1, 0.15) is 52.1 Å². The molecule has 1 heterocycles. The summed E-state index contributed by atoms with van der Waals surface area (Å²) in [7, 11) is 0. The van der Waals surface area contributed by atoms with Gasteiger partial charge in [-0.05, 0) is 56.9 Å². The molecule has 1 N–H and O–H groups in total. The lowest BCUT2D eigenvalue weighted by Crippen LogP contribution is -2.48. The minimum Gasteiger partial charge on any atom is -0.444 e. The molecule has 144 valence electrons. The number of ether oxygens (including phenoxy) is 1. The molecule has 2 amide bonds. The van der Waals surface area contributed by atoms with Gasteiger partial charge in [-0.1, -0.05) is 42.5 Å². The minimum absolute atomic E-state index is 0.126. The second kappa shape index (κ2) is 7.59. The topological polar surface area (TPSA) is 58.6 Å². The van der Waals surface area contributed by atoms with Crippen molar-refractivity contribution < 1.29 is 14.3 Å². The fourth-order valence-corrected chi connectivity index (χ4v) is 3.59. The van der Waals surface area contributed by atoms with Crippen LogP contribution in [0.5, 0.6) is 0 Å². The van der Waals surface area contributed by atoms with Gasteiger partial charge in [-0.3, -0.25) is 9.69 Å². The Morgan fingerprint density at radius 1 is 1.15 bits per heavy atom. The van der Waals surface area contributed by atoms with E-state index in [1.165, 1.54) is 0 Å². The summed E-state index contributed by atoms with van der Waals surface area (Å²) in [5.74, 6) is -0.126. The van der Waals surface area contributed by atoms with E-state index in [4.69, 9.17) is 4.74 Å². The van der Waals surface area contributed by atoms with Crippen LogP contribution in [0.25, 0.3) is 10.8 Å². The summed E-state index contributed by atoms with van der Waals surface area (Å²) in [6, 6.07) is 13.6. The number of nitrogens with zero attached hydrogens (tertiary/aromatic N) is 1.